The lowest BCUT2D eigenvalue weighted by atomic mass is 10.2. The van der Waals surface area contributed by atoms with Crippen molar-refractivity contribution < 1.29 is 9.94 Å². The molecule has 0 spiro atoms. The first-order valence-corrected chi connectivity index (χ1v) is 5.24. The predicted molar refractivity (Wildman–Crippen MR) is 63.5 cm³/mol. The molecule has 0 aliphatic heterocycles. The Morgan fingerprint density at radius 2 is 2.25 bits per heavy atom. The number of nitrogens with zero attached hydrogens (tertiary/aromatic N) is 1. The standard InChI is InChI=1S/C12H14N2O2/c15-6-3-7-16-14-9-10-8-13-12-5-2-1-4-11(10)12/h1-2,4-5,8-9,13,15H,3,6-7H2. The minimum absolute atomic E-state index is 0.128. The van der Waals surface area contributed by atoms with Crippen LogP contribution in [0, 0.1) is 0 Å². The summed E-state index contributed by atoms with van der Waals surface area (Å²) < 4.78 is 0. The molecule has 0 amide bonds. The molecule has 0 radical (unpaired) electrons. The molecule has 2 rings (SSSR count). The average Bonchev–Trinajstić information content (AvgIpc) is 2.73. The van der Waals surface area contributed by atoms with Crippen molar-refractivity contribution >= 4 is 17.1 Å². The zero-order valence-electron chi connectivity index (χ0n) is 8.89. The van der Waals surface area contributed by atoms with Gasteiger partial charge in [-0.1, -0.05) is 23.4 Å². The van der Waals surface area contributed by atoms with Crippen molar-refractivity contribution in [2.75, 3.05) is 13.2 Å². The summed E-state index contributed by atoms with van der Waals surface area (Å²) in [7, 11) is 0. The lowest BCUT2D eigenvalue weighted by Gasteiger charge is -1.95. The van der Waals surface area contributed by atoms with E-state index in [2.05, 4.69) is 10.1 Å². The third-order valence-electron chi connectivity index (χ3n) is 2.28. The molecule has 16 heavy (non-hydrogen) atoms. The van der Waals surface area contributed by atoms with Gasteiger partial charge in [-0.3, -0.25) is 0 Å². The number of hydrogen-bond donors (Lipinski definition) is 2. The van der Waals surface area contributed by atoms with Crippen LogP contribution in [0.2, 0.25) is 0 Å². The summed E-state index contributed by atoms with van der Waals surface area (Å²) in [5, 5.41) is 13.5. The van der Waals surface area contributed by atoms with Crippen molar-refractivity contribution in [2.24, 2.45) is 5.16 Å². The highest BCUT2D eigenvalue weighted by Crippen LogP contribution is 2.15. The van der Waals surface area contributed by atoms with Gasteiger partial charge in [0.25, 0.3) is 0 Å². The van der Waals surface area contributed by atoms with Crippen molar-refractivity contribution in [3.8, 4) is 0 Å². The van der Waals surface area contributed by atoms with Crippen LogP contribution in [0.5, 0.6) is 0 Å². The van der Waals surface area contributed by atoms with Gasteiger partial charge >= 0.3 is 0 Å². The molecule has 1 heterocycles. The smallest absolute Gasteiger partial charge is 0.119 e. The zero-order chi connectivity index (χ0) is 11.2. The summed E-state index contributed by atoms with van der Waals surface area (Å²) in [6.07, 6.45) is 4.17. The molecule has 84 valence electrons. The second-order valence-corrected chi connectivity index (χ2v) is 3.43. The van der Waals surface area contributed by atoms with Gasteiger partial charge in [0.2, 0.25) is 0 Å². The largest absolute Gasteiger partial charge is 0.396 e. The number of aromatic nitrogens is 1. The van der Waals surface area contributed by atoms with Gasteiger partial charge in [0.1, 0.15) is 6.61 Å². The lowest BCUT2D eigenvalue weighted by Crippen LogP contribution is -1.92. The number of aliphatic hydroxyl groups excluding tert-OH is 1. The van der Waals surface area contributed by atoms with Crippen LogP contribution in [0.4, 0.5) is 0 Å². The second kappa shape index (κ2) is 5.32. The molecular formula is C12H14N2O2. The highest BCUT2D eigenvalue weighted by atomic mass is 16.6. The molecule has 2 N–H and O–H groups in total. The summed E-state index contributed by atoms with van der Waals surface area (Å²) in [6, 6.07) is 8.01. The highest BCUT2D eigenvalue weighted by Gasteiger charge is 1.99. The number of para-hydroxylation sites is 1. The molecule has 0 saturated carbocycles. The van der Waals surface area contributed by atoms with Crippen LogP contribution in [-0.2, 0) is 4.84 Å². The first-order chi connectivity index (χ1) is 7.92. The van der Waals surface area contributed by atoms with Crippen LogP contribution in [-0.4, -0.2) is 29.5 Å². The molecule has 4 heteroatoms. The van der Waals surface area contributed by atoms with Crippen molar-refractivity contribution in [1.29, 1.82) is 0 Å². The molecule has 0 aliphatic rings. The number of fused-ring (bicyclic) bond motifs is 1. The Morgan fingerprint density at radius 3 is 3.12 bits per heavy atom. The minimum atomic E-state index is 0.128. The number of rotatable bonds is 5. The third kappa shape index (κ3) is 2.41. The van der Waals surface area contributed by atoms with Gasteiger partial charge in [0.15, 0.2) is 0 Å². The molecule has 1 aromatic heterocycles. The van der Waals surface area contributed by atoms with Crippen LogP contribution in [0.1, 0.15) is 12.0 Å². The Balaban J connectivity index is 2.04. The topological polar surface area (TPSA) is 57.6 Å². The maximum absolute atomic E-state index is 8.55. The van der Waals surface area contributed by atoms with E-state index < -0.39 is 0 Å². The average molecular weight is 218 g/mol. The third-order valence-corrected chi connectivity index (χ3v) is 2.28. The summed E-state index contributed by atoms with van der Waals surface area (Å²) >= 11 is 0. The van der Waals surface area contributed by atoms with Gasteiger partial charge in [0.05, 0.1) is 6.21 Å². The molecule has 2 aromatic rings. The molecular weight excluding hydrogens is 204 g/mol. The van der Waals surface area contributed by atoms with Crippen LogP contribution in [0.3, 0.4) is 0 Å². The Morgan fingerprint density at radius 1 is 1.38 bits per heavy atom. The lowest BCUT2D eigenvalue weighted by molar-refractivity contribution is 0.125. The highest BCUT2D eigenvalue weighted by molar-refractivity contribution is 5.98. The first kappa shape index (κ1) is 10.7. The van der Waals surface area contributed by atoms with Gasteiger partial charge in [-0.05, 0) is 6.07 Å². The van der Waals surface area contributed by atoms with Crippen molar-refractivity contribution in [3.05, 3.63) is 36.0 Å². The summed E-state index contributed by atoms with van der Waals surface area (Å²) in [5.41, 5.74) is 2.08. The Kier molecular flexibility index (Phi) is 3.56. The van der Waals surface area contributed by atoms with E-state index in [0.29, 0.717) is 13.0 Å². The maximum atomic E-state index is 8.55. The van der Waals surface area contributed by atoms with E-state index in [1.807, 2.05) is 30.5 Å². The van der Waals surface area contributed by atoms with E-state index in [1.54, 1.807) is 6.21 Å². The molecule has 1 aromatic carbocycles. The molecule has 4 nitrogen and oxygen atoms in total. The number of aliphatic hydroxyl groups is 1. The second-order valence-electron chi connectivity index (χ2n) is 3.43. The first-order valence-electron chi connectivity index (χ1n) is 5.24. The predicted octanol–water partition coefficient (Wildman–Crippen LogP) is 1.90. The number of oxime groups is 1. The Labute approximate surface area is 93.5 Å². The van der Waals surface area contributed by atoms with Crippen molar-refractivity contribution in [2.45, 2.75) is 6.42 Å². The molecule has 0 saturated heterocycles. The summed E-state index contributed by atoms with van der Waals surface area (Å²) in [4.78, 5) is 8.15. The van der Waals surface area contributed by atoms with E-state index in [4.69, 9.17) is 9.94 Å². The number of aromatic amines is 1. The molecule has 0 unspecified atom stereocenters. The van der Waals surface area contributed by atoms with Gasteiger partial charge in [0, 0.05) is 35.7 Å². The molecule has 0 atom stereocenters. The Hall–Kier alpha value is -1.81. The number of benzene rings is 1. The van der Waals surface area contributed by atoms with Crippen LogP contribution in [0.15, 0.2) is 35.6 Å². The van der Waals surface area contributed by atoms with Gasteiger partial charge in [-0.2, -0.15) is 0 Å². The van der Waals surface area contributed by atoms with E-state index >= 15 is 0 Å². The normalized spacial score (nSPS) is 11.3. The van der Waals surface area contributed by atoms with Gasteiger partial charge in [-0.25, -0.2) is 0 Å². The number of H-pyrrole nitrogens is 1. The van der Waals surface area contributed by atoms with E-state index in [-0.39, 0.29) is 6.61 Å². The Bertz CT molecular complexity index is 477. The zero-order valence-corrected chi connectivity index (χ0v) is 8.89. The summed E-state index contributed by atoms with van der Waals surface area (Å²) in [5.74, 6) is 0. The summed E-state index contributed by atoms with van der Waals surface area (Å²) in [6.45, 7) is 0.567. The maximum Gasteiger partial charge on any atom is 0.119 e. The monoisotopic (exact) mass is 218 g/mol. The van der Waals surface area contributed by atoms with Crippen molar-refractivity contribution in [3.63, 3.8) is 0 Å². The quantitative estimate of drug-likeness (QED) is 0.457. The molecule has 0 fully saturated rings. The van der Waals surface area contributed by atoms with Crippen LogP contribution >= 0.6 is 0 Å². The minimum Gasteiger partial charge on any atom is -0.396 e. The number of nitrogens with one attached hydrogen (secondary N) is 1. The molecule has 0 aliphatic carbocycles. The van der Waals surface area contributed by atoms with Crippen LogP contribution < -0.4 is 0 Å². The van der Waals surface area contributed by atoms with E-state index in [9.17, 15) is 0 Å². The van der Waals surface area contributed by atoms with E-state index in [0.717, 1.165) is 16.5 Å². The fourth-order valence-corrected chi connectivity index (χ4v) is 1.48. The molecule has 0 bridgehead atoms. The van der Waals surface area contributed by atoms with Gasteiger partial charge < -0.3 is 14.9 Å². The number of hydrogen-bond acceptors (Lipinski definition) is 3. The SMILES string of the molecule is OCCCON=Cc1c[nH]c2ccccc12. The van der Waals surface area contributed by atoms with E-state index in [1.165, 1.54) is 0 Å². The van der Waals surface area contributed by atoms with Crippen molar-refractivity contribution in [1.82, 2.24) is 4.98 Å². The van der Waals surface area contributed by atoms with Gasteiger partial charge in [-0.15, -0.1) is 0 Å². The fourth-order valence-electron chi connectivity index (χ4n) is 1.48. The van der Waals surface area contributed by atoms with Crippen LogP contribution in [0.25, 0.3) is 10.9 Å². The fraction of sp³-hybridized carbons (Fsp3) is 0.250.